The van der Waals surface area contributed by atoms with Crippen molar-refractivity contribution in [2.45, 2.75) is 26.3 Å². The molecule has 0 radical (unpaired) electrons. The average Bonchev–Trinajstić information content (AvgIpc) is 2.89. The van der Waals surface area contributed by atoms with E-state index in [4.69, 9.17) is 0 Å². The van der Waals surface area contributed by atoms with Gasteiger partial charge >= 0.3 is 6.36 Å². The van der Waals surface area contributed by atoms with Crippen LogP contribution in [0.1, 0.15) is 24.8 Å². The quantitative estimate of drug-likeness (QED) is 0.791. The first-order valence-corrected chi connectivity index (χ1v) is 7.39. The van der Waals surface area contributed by atoms with Crippen molar-refractivity contribution in [3.8, 4) is 5.75 Å². The Hall–Kier alpha value is -1.69. The number of hydrogen-bond donors (Lipinski definition) is 1. The molecule has 2 nitrogen and oxygen atoms in total. The van der Waals surface area contributed by atoms with E-state index in [0.717, 1.165) is 4.88 Å². The van der Waals surface area contributed by atoms with Gasteiger partial charge in [0.05, 0.1) is 11.7 Å². The Kier molecular flexibility index (Phi) is 4.77. The first-order chi connectivity index (χ1) is 9.87. The molecule has 0 fully saturated rings. The number of ether oxygens (including phenoxy) is 1. The van der Waals surface area contributed by atoms with Crippen LogP contribution in [-0.4, -0.2) is 6.36 Å². The molecule has 0 aliphatic carbocycles. The van der Waals surface area contributed by atoms with E-state index in [1.165, 1.54) is 12.1 Å². The minimum absolute atomic E-state index is 0.0667. The summed E-state index contributed by atoms with van der Waals surface area (Å²) in [4.78, 5) is 1.08. The molecular formula is C15H16F3NOS. The van der Waals surface area contributed by atoms with E-state index in [0.29, 0.717) is 5.69 Å². The molecule has 114 valence electrons. The molecule has 1 aromatic heterocycles. The fourth-order valence-electron chi connectivity index (χ4n) is 2.00. The normalized spacial score (nSPS) is 13.2. The molecule has 0 saturated heterocycles. The zero-order valence-electron chi connectivity index (χ0n) is 11.6. The van der Waals surface area contributed by atoms with Crippen LogP contribution in [0.25, 0.3) is 0 Å². The highest BCUT2D eigenvalue weighted by Crippen LogP contribution is 2.35. The summed E-state index contributed by atoms with van der Waals surface area (Å²) >= 11 is 1.57. The maximum atomic E-state index is 12.4. The van der Waals surface area contributed by atoms with E-state index in [2.05, 4.69) is 10.1 Å². The number of thiophene rings is 1. The molecule has 0 aliphatic heterocycles. The van der Waals surface area contributed by atoms with Gasteiger partial charge in [0.25, 0.3) is 0 Å². The van der Waals surface area contributed by atoms with Crippen LogP contribution in [0.5, 0.6) is 5.75 Å². The summed E-state index contributed by atoms with van der Waals surface area (Å²) in [7, 11) is 0. The van der Waals surface area contributed by atoms with Gasteiger partial charge in [0.15, 0.2) is 5.75 Å². The molecule has 1 unspecified atom stereocenters. The minimum Gasteiger partial charge on any atom is -0.404 e. The van der Waals surface area contributed by atoms with Gasteiger partial charge in [-0.2, -0.15) is 0 Å². The Morgan fingerprint density at radius 3 is 2.38 bits per heavy atom. The van der Waals surface area contributed by atoms with E-state index < -0.39 is 6.36 Å². The van der Waals surface area contributed by atoms with Crippen molar-refractivity contribution in [2.24, 2.45) is 5.92 Å². The lowest BCUT2D eigenvalue weighted by Crippen LogP contribution is -2.20. The largest absolute Gasteiger partial charge is 0.573 e. The lowest BCUT2D eigenvalue weighted by atomic mass is 10.0. The third-order valence-electron chi connectivity index (χ3n) is 2.94. The second-order valence-corrected chi connectivity index (χ2v) is 5.90. The summed E-state index contributed by atoms with van der Waals surface area (Å²) < 4.78 is 41.4. The molecule has 1 heterocycles. The number of alkyl halides is 3. The fraction of sp³-hybridized carbons (Fsp3) is 0.333. The predicted octanol–water partition coefficient (Wildman–Crippen LogP) is 5.46. The maximum Gasteiger partial charge on any atom is 0.573 e. The average molecular weight is 315 g/mol. The van der Waals surface area contributed by atoms with Crippen LogP contribution >= 0.6 is 11.3 Å². The van der Waals surface area contributed by atoms with E-state index in [1.54, 1.807) is 23.5 Å². The monoisotopic (exact) mass is 315 g/mol. The molecule has 1 atom stereocenters. The van der Waals surface area contributed by atoms with Crippen molar-refractivity contribution >= 4 is 17.0 Å². The van der Waals surface area contributed by atoms with Gasteiger partial charge in [-0.25, -0.2) is 0 Å². The Morgan fingerprint density at radius 2 is 1.81 bits per heavy atom. The van der Waals surface area contributed by atoms with E-state index in [1.807, 2.05) is 31.4 Å². The molecule has 0 amide bonds. The SMILES string of the molecule is CC(C)C(Nc1ccccc1OC(F)(F)F)c1cccs1. The molecule has 0 bridgehead atoms. The van der Waals surface area contributed by atoms with Gasteiger partial charge in [-0.3, -0.25) is 0 Å². The molecule has 0 aliphatic rings. The lowest BCUT2D eigenvalue weighted by Gasteiger charge is -2.24. The Morgan fingerprint density at radius 1 is 1.10 bits per heavy atom. The number of anilines is 1. The summed E-state index contributed by atoms with van der Waals surface area (Å²) in [6.07, 6.45) is -4.70. The summed E-state index contributed by atoms with van der Waals surface area (Å²) in [6.45, 7) is 4.04. The summed E-state index contributed by atoms with van der Waals surface area (Å²) in [5.41, 5.74) is 0.335. The molecule has 6 heteroatoms. The van der Waals surface area contributed by atoms with Gasteiger partial charge in [-0.05, 0) is 29.5 Å². The van der Waals surface area contributed by atoms with Gasteiger partial charge in [-0.1, -0.05) is 32.0 Å². The van der Waals surface area contributed by atoms with Crippen LogP contribution in [0.4, 0.5) is 18.9 Å². The highest BCUT2D eigenvalue weighted by Gasteiger charge is 2.32. The summed E-state index contributed by atoms with van der Waals surface area (Å²) in [6, 6.07) is 9.92. The lowest BCUT2D eigenvalue weighted by molar-refractivity contribution is -0.274. The summed E-state index contributed by atoms with van der Waals surface area (Å²) in [5, 5.41) is 5.11. The molecule has 2 aromatic rings. The first kappa shape index (κ1) is 15.7. The maximum absolute atomic E-state index is 12.4. The number of nitrogens with one attached hydrogen (secondary N) is 1. The zero-order valence-corrected chi connectivity index (χ0v) is 12.5. The fourth-order valence-corrected chi connectivity index (χ4v) is 2.95. The van der Waals surface area contributed by atoms with Crippen LogP contribution < -0.4 is 10.1 Å². The molecule has 1 aromatic carbocycles. The smallest absolute Gasteiger partial charge is 0.404 e. The summed E-state index contributed by atoms with van der Waals surface area (Å²) in [5.74, 6) is 0.00907. The second-order valence-electron chi connectivity index (χ2n) is 4.93. The topological polar surface area (TPSA) is 21.3 Å². The molecule has 1 N–H and O–H groups in total. The van der Waals surface area contributed by atoms with Crippen molar-refractivity contribution in [1.29, 1.82) is 0 Å². The highest BCUT2D eigenvalue weighted by molar-refractivity contribution is 7.10. The Labute approximate surface area is 125 Å². The number of para-hydroxylation sites is 2. The van der Waals surface area contributed by atoms with Gasteiger partial charge in [0.1, 0.15) is 0 Å². The zero-order chi connectivity index (χ0) is 15.5. The first-order valence-electron chi connectivity index (χ1n) is 6.51. The van der Waals surface area contributed by atoms with Crippen molar-refractivity contribution in [2.75, 3.05) is 5.32 Å². The van der Waals surface area contributed by atoms with Crippen molar-refractivity contribution in [3.63, 3.8) is 0 Å². The van der Waals surface area contributed by atoms with Crippen LogP contribution in [0.15, 0.2) is 41.8 Å². The van der Waals surface area contributed by atoms with E-state index in [9.17, 15) is 13.2 Å². The standard InChI is InChI=1S/C15H16F3NOS/c1-10(2)14(13-8-5-9-21-13)19-11-6-3-4-7-12(11)20-15(16,17)18/h3-10,14,19H,1-2H3. The Bertz CT molecular complexity index is 567. The van der Waals surface area contributed by atoms with Gasteiger partial charge in [0.2, 0.25) is 0 Å². The predicted molar refractivity (Wildman–Crippen MR) is 78.6 cm³/mol. The highest BCUT2D eigenvalue weighted by atomic mass is 32.1. The second kappa shape index (κ2) is 6.39. The van der Waals surface area contributed by atoms with E-state index >= 15 is 0 Å². The third-order valence-corrected chi connectivity index (χ3v) is 3.90. The van der Waals surface area contributed by atoms with Gasteiger partial charge in [-0.15, -0.1) is 24.5 Å². The van der Waals surface area contributed by atoms with Crippen molar-refractivity contribution in [1.82, 2.24) is 0 Å². The third kappa shape index (κ3) is 4.39. The number of halogens is 3. The van der Waals surface area contributed by atoms with Crippen LogP contribution in [0, 0.1) is 5.92 Å². The molecular weight excluding hydrogens is 299 g/mol. The van der Waals surface area contributed by atoms with Crippen molar-refractivity contribution in [3.05, 3.63) is 46.7 Å². The van der Waals surface area contributed by atoms with Gasteiger partial charge < -0.3 is 10.1 Å². The number of benzene rings is 1. The number of rotatable bonds is 5. The van der Waals surface area contributed by atoms with Crippen LogP contribution in [-0.2, 0) is 0 Å². The molecule has 2 rings (SSSR count). The van der Waals surface area contributed by atoms with Crippen LogP contribution in [0.3, 0.4) is 0 Å². The van der Waals surface area contributed by atoms with Crippen LogP contribution in [0.2, 0.25) is 0 Å². The minimum atomic E-state index is -4.70. The van der Waals surface area contributed by atoms with E-state index in [-0.39, 0.29) is 17.7 Å². The molecule has 0 spiro atoms. The van der Waals surface area contributed by atoms with Gasteiger partial charge in [0, 0.05) is 4.88 Å². The Balaban J connectivity index is 2.25. The van der Waals surface area contributed by atoms with Crippen molar-refractivity contribution < 1.29 is 17.9 Å². The molecule has 0 saturated carbocycles. The molecule has 21 heavy (non-hydrogen) atoms. The number of hydrogen-bond acceptors (Lipinski definition) is 3.